The first-order chi connectivity index (χ1) is 17.9. The first-order valence-electron chi connectivity index (χ1n) is 11.8. The minimum absolute atomic E-state index is 0.0815. The van der Waals surface area contributed by atoms with Gasteiger partial charge in [0.05, 0.1) is 22.5 Å². The van der Waals surface area contributed by atoms with E-state index in [1.807, 2.05) is 44.2 Å². The molecule has 0 fully saturated rings. The molecule has 37 heavy (non-hydrogen) atoms. The maximum absolute atomic E-state index is 15.3. The van der Waals surface area contributed by atoms with Crippen molar-refractivity contribution in [2.75, 3.05) is 4.90 Å². The maximum Gasteiger partial charge on any atom is 0.352 e. The van der Waals surface area contributed by atoms with Crippen LogP contribution in [0.3, 0.4) is 0 Å². The highest BCUT2D eigenvalue weighted by Gasteiger charge is 2.25. The summed E-state index contributed by atoms with van der Waals surface area (Å²) < 4.78 is 38.5. The van der Waals surface area contributed by atoms with Gasteiger partial charge in [0.15, 0.2) is 17.5 Å². The van der Waals surface area contributed by atoms with Gasteiger partial charge >= 0.3 is 5.69 Å². The average Bonchev–Trinajstić information content (AvgIpc) is 3.20. The van der Waals surface area contributed by atoms with Gasteiger partial charge in [0.25, 0.3) is 0 Å². The zero-order chi connectivity index (χ0) is 26.1. The molecule has 10 heteroatoms. The number of benzene rings is 2. The molecule has 0 amide bonds. The highest BCUT2D eigenvalue weighted by atomic mass is 79.9. The van der Waals surface area contributed by atoms with E-state index in [0.29, 0.717) is 40.4 Å². The van der Waals surface area contributed by atoms with Crippen molar-refractivity contribution in [1.82, 2.24) is 19.3 Å². The molecule has 1 aliphatic rings. The summed E-state index contributed by atoms with van der Waals surface area (Å²) in [5.41, 5.74) is 2.77. The van der Waals surface area contributed by atoms with Crippen molar-refractivity contribution >= 4 is 26.1 Å². The number of aryl methyl sites for hydroxylation is 1. The van der Waals surface area contributed by atoms with E-state index in [1.54, 1.807) is 23.2 Å². The molecule has 0 saturated heterocycles. The van der Waals surface area contributed by atoms with Crippen LogP contribution in [0.25, 0.3) is 10.3 Å². The average molecular weight is 568 g/mol. The van der Waals surface area contributed by atoms with Crippen LogP contribution in [0.1, 0.15) is 35.1 Å². The number of hydrogen-bond donors (Lipinski definition) is 0. The molecular formula is C27H24BrF2N5O2. The smallest absolute Gasteiger partial charge is 0.352 e. The van der Waals surface area contributed by atoms with Gasteiger partial charge in [-0.25, -0.2) is 18.6 Å². The second kappa shape index (κ2) is 10.4. The van der Waals surface area contributed by atoms with Crippen LogP contribution in [-0.4, -0.2) is 19.3 Å². The highest BCUT2D eigenvalue weighted by Crippen LogP contribution is 2.35. The van der Waals surface area contributed by atoms with Crippen LogP contribution in [0.15, 0.2) is 65.6 Å². The van der Waals surface area contributed by atoms with Crippen LogP contribution in [0.2, 0.25) is 0 Å². The molecule has 5 rings (SSSR count). The summed E-state index contributed by atoms with van der Waals surface area (Å²) in [6, 6.07) is 15.8. The fourth-order valence-corrected chi connectivity index (χ4v) is 4.84. The molecule has 0 atom stereocenters. The quantitative estimate of drug-likeness (QED) is 0.296. The third-order valence-electron chi connectivity index (χ3n) is 6.08. The van der Waals surface area contributed by atoms with Gasteiger partial charge in [0.1, 0.15) is 12.4 Å². The Morgan fingerprint density at radius 3 is 2.59 bits per heavy atom. The lowest BCUT2D eigenvalue weighted by atomic mass is 10.1. The van der Waals surface area contributed by atoms with E-state index in [9.17, 15) is 9.18 Å². The number of pyridine rings is 1. The normalized spacial score (nSPS) is 13.0. The molecular weight excluding hydrogens is 544 g/mol. The molecule has 0 radical (unpaired) electrons. The van der Waals surface area contributed by atoms with E-state index < -0.39 is 11.5 Å². The number of halogens is 3. The minimum atomic E-state index is -0.703. The Morgan fingerprint density at radius 2 is 1.84 bits per heavy atom. The van der Waals surface area contributed by atoms with Gasteiger partial charge in [0.2, 0.25) is 0 Å². The van der Waals surface area contributed by atoms with Crippen molar-refractivity contribution in [3.63, 3.8) is 0 Å². The summed E-state index contributed by atoms with van der Waals surface area (Å²) in [6.07, 6.45) is 1.70. The summed E-state index contributed by atoms with van der Waals surface area (Å²) in [5, 5.41) is 4.35. The zero-order valence-electron chi connectivity index (χ0n) is 20.3. The first kappa shape index (κ1) is 25.0. The molecule has 0 N–H and O–H groups in total. The van der Waals surface area contributed by atoms with E-state index in [4.69, 9.17) is 4.74 Å². The molecule has 0 aliphatic carbocycles. The van der Waals surface area contributed by atoms with Crippen LogP contribution in [0.5, 0.6) is 0 Å². The Morgan fingerprint density at radius 1 is 1.05 bits per heavy atom. The molecule has 0 spiro atoms. The fourth-order valence-electron chi connectivity index (χ4n) is 4.25. The highest BCUT2D eigenvalue weighted by molar-refractivity contribution is 9.15. The molecule has 190 valence electrons. The molecule has 1 aliphatic heterocycles. The molecule has 0 saturated carbocycles. The first-order valence-corrected chi connectivity index (χ1v) is 12.6. The van der Waals surface area contributed by atoms with Gasteiger partial charge < -0.3 is 9.64 Å². The lowest BCUT2D eigenvalue weighted by Crippen LogP contribution is -2.27. The molecule has 0 unspecified atom stereocenters. The van der Waals surface area contributed by atoms with Crippen LogP contribution < -0.4 is 10.6 Å². The van der Waals surface area contributed by atoms with Crippen molar-refractivity contribution in [1.29, 1.82) is 0 Å². The Hall–Kier alpha value is -3.63. The van der Waals surface area contributed by atoms with Gasteiger partial charge in [-0.15, -0.1) is 5.10 Å². The van der Waals surface area contributed by atoms with Crippen LogP contribution in [0, 0.1) is 18.6 Å². The Balaban J connectivity index is 1.45. The number of ether oxygens (including phenoxy) is 1. The summed E-state index contributed by atoms with van der Waals surface area (Å²) >= 11 is 3.49. The maximum atomic E-state index is 15.3. The summed E-state index contributed by atoms with van der Waals surface area (Å²) in [7, 11) is 0. The fraction of sp³-hybridized carbons (Fsp3) is 0.222. The Labute approximate surface area is 220 Å². The van der Waals surface area contributed by atoms with Gasteiger partial charge in [-0.1, -0.05) is 36.4 Å². The third kappa shape index (κ3) is 4.99. The van der Waals surface area contributed by atoms with Gasteiger partial charge in [0, 0.05) is 24.9 Å². The standard InChI is InChI=1S/C27H24BrF2N5O2/c1-3-34-24(16-37-15-18-7-5-4-6-8-18)32-35(27(34)36)26-22(30)12-19-13-33(14-20(28)25(19)31-26)23-11-17(2)9-10-21(23)29/h4-12,14H,3,13,15-16H2,1-2H3. The van der Waals surface area contributed by atoms with Gasteiger partial charge in [-0.05, 0) is 59.1 Å². The van der Waals surface area contributed by atoms with Gasteiger partial charge in [-0.2, -0.15) is 4.68 Å². The lowest BCUT2D eigenvalue weighted by molar-refractivity contribution is 0.0989. The van der Waals surface area contributed by atoms with E-state index >= 15 is 4.39 Å². The lowest BCUT2D eigenvalue weighted by Gasteiger charge is -2.27. The Kier molecular flexibility index (Phi) is 7.03. The second-order valence-electron chi connectivity index (χ2n) is 8.69. The van der Waals surface area contributed by atoms with Crippen LogP contribution in [-0.2, 0) is 31.0 Å². The van der Waals surface area contributed by atoms with E-state index in [2.05, 4.69) is 26.0 Å². The van der Waals surface area contributed by atoms with Crippen molar-refractivity contribution in [3.8, 4) is 5.82 Å². The third-order valence-corrected chi connectivity index (χ3v) is 6.66. The molecule has 3 heterocycles. The van der Waals surface area contributed by atoms with Crippen molar-refractivity contribution in [2.24, 2.45) is 0 Å². The monoisotopic (exact) mass is 567 g/mol. The predicted molar refractivity (Wildman–Crippen MR) is 140 cm³/mol. The number of hydrogen-bond acceptors (Lipinski definition) is 5. The van der Waals surface area contributed by atoms with E-state index in [-0.39, 0.29) is 24.8 Å². The zero-order valence-corrected chi connectivity index (χ0v) is 21.9. The summed E-state index contributed by atoms with van der Waals surface area (Å²) in [6.45, 7) is 4.68. The topological polar surface area (TPSA) is 65.2 Å². The van der Waals surface area contributed by atoms with Crippen LogP contribution in [0.4, 0.5) is 14.5 Å². The minimum Gasteiger partial charge on any atom is -0.369 e. The molecule has 2 aromatic carbocycles. The SMILES string of the molecule is CCn1c(COCc2ccccc2)nn(-c2nc3c(cc2F)CN(c2cc(C)ccc2F)C=C3Br)c1=O. The number of aromatic nitrogens is 4. The molecule has 2 aromatic heterocycles. The van der Waals surface area contributed by atoms with Crippen LogP contribution >= 0.6 is 15.9 Å². The van der Waals surface area contributed by atoms with Crippen molar-refractivity contribution in [2.45, 2.75) is 40.2 Å². The van der Waals surface area contributed by atoms with Crippen molar-refractivity contribution in [3.05, 3.63) is 111 Å². The van der Waals surface area contributed by atoms with E-state index in [1.165, 1.54) is 16.7 Å². The summed E-state index contributed by atoms with van der Waals surface area (Å²) in [4.78, 5) is 19.2. The molecule has 0 bridgehead atoms. The predicted octanol–water partition coefficient (Wildman–Crippen LogP) is 5.47. The summed E-state index contributed by atoms with van der Waals surface area (Å²) in [5.74, 6) is -0.918. The van der Waals surface area contributed by atoms with Gasteiger partial charge in [-0.3, -0.25) is 4.57 Å². The molecule has 7 nitrogen and oxygen atoms in total. The number of anilines is 1. The van der Waals surface area contributed by atoms with Crippen molar-refractivity contribution < 1.29 is 13.5 Å². The number of rotatable bonds is 7. The number of nitrogens with zero attached hydrogens (tertiary/aromatic N) is 5. The largest absolute Gasteiger partial charge is 0.369 e. The number of fused-ring (bicyclic) bond motifs is 1. The van der Waals surface area contributed by atoms with E-state index in [0.717, 1.165) is 15.8 Å². The Bertz CT molecular complexity index is 1550. The molecule has 4 aromatic rings. The second-order valence-corrected chi connectivity index (χ2v) is 9.55.